The number of ether oxygens (including phenoxy) is 1. The van der Waals surface area contributed by atoms with Gasteiger partial charge in [-0.25, -0.2) is 4.79 Å². The van der Waals surface area contributed by atoms with Crippen molar-refractivity contribution in [1.29, 1.82) is 0 Å². The van der Waals surface area contributed by atoms with Crippen LogP contribution in [0, 0.1) is 12.8 Å². The van der Waals surface area contributed by atoms with Gasteiger partial charge in [0.1, 0.15) is 16.3 Å². The highest BCUT2D eigenvalue weighted by molar-refractivity contribution is 8.04. The summed E-state index contributed by atoms with van der Waals surface area (Å²) in [6.45, 7) is 8.29. The molecule has 1 aromatic carbocycles. The highest BCUT2D eigenvalue weighted by Crippen LogP contribution is 2.49. The Morgan fingerprint density at radius 3 is 2.56 bits per heavy atom. The monoisotopic (exact) mass is 500 g/mol. The van der Waals surface area contributed by atoms with E-state index in [4.69, 9.17) is 4.74 Å². The molecule has 6 heteroatoms. The third kappa shape index (κ3) is 5.24. The molecule has 2 N–H and O–H groups in total. The third-order valence-corrected chi connectivity index (χ3v) is 9.25. The topological polar surface area (TPSA) is 66.8 Å². The van der Waals surface area contributed by atoms with Crippen LogP contribution in [0.4, 0.5) is 0 Å². The van der Waals surface area contributed by atoms with Crippen molar-refractivity contribution in [3.8, 4) is 0 Å². The van der Waals surface area contributed by atoms with Gasteiger partial charge in [0.05, 0.1) is 6.61 Å². The zero-order chi connectivity index (χ0) is 24.5. The second-order valence-electron chi connectivity index (χ2n) is 10.8. The van der Waals surface area contributed by atoms with Crippen molar-refractivity contribution in [2.75, 3.05) is 0 Å². The van der Waals surface area contributed by atoms with Gasteiger partial charge in [-0.15, -0.1) is 0 Å². The van der Waals surface area contributed by atoms with Crippen molar-refractivity contribution in [3.63, 3.8) is 0 Å². The van der Waals surface area contributed by atoms with Gasteiger partial charge in [-0.2, -0.15) is 11.3 Å². The third-order valence-electron chi connectivity index (χ3n) is 7.35. The van der Waals surface area contributed by atoms with E-state index < -0.39 is 11.6 Å². The molecule has 0 amide bonds. The van der Waals surface area contributed by atoms with Gasteiger partial charge in [0, 0.05) is 11.3 Å². The van der Waals surface area contributed by atoms with Gasteiger partial charge in [0.2, 0.25) is 0 Å². The van der Waals surface area contributed by atoms with Crippen molar-refractivity contribution in [2.45, 2.75) is 95.2 Å². The summed E-state index contributed by atoms with van der Waals surface area (Å²) in [5.74, 6) is 0.0388. The number of aliphatic hydroxyl groups excluding tert-OH is 2. The summed E-state index contributed by atoms with van der Waals surface area (Å²) in [5, 5.41) is 25.2. The van der Waals surface area contributed by atoms with E-state index in [1.165, 1.54) is 17.3 Å². The number of rotatable bonds is 7. The molecule has 1 aliphatic carbocycles. The first kappa shape index (κ1) is 25.3. The molecule has 184 valence electrons. The lowest BCUT2D eigenvalue weighted by Gasteiger charge is -2.41. The van der Waals surface area contributed by atoms with Gasteiger partial charge in [-0.05, 0) is 89.1 Å². The number of benzene rings is 1. The summed E-state index contributed by atoms with van der Waals surface area (Å²) in [6, 6.07) is 6.16. The Morgan fingerprint density at radius 2 is 1.97 bits per heavy atom. The summed E-state index contributed by atoms with van der Waals surface area (Å²) < 4.78 is 6.30. The van der Waals surface area contributed by atoms with E-state index in [1.54, 1.807) is 11.3 Å². The summed E-state index contributed by atoms with van der Waals surface area (Å²) in [7, 11) is 0. The highest BCUT2D eigenvalue weighted by Gasteiger charge is 2.48. The van der Waals surface area contributed by atoms with Crippen molar-refractivity contribution < 1.29 is 19.7 Å². The van der Waals surface area contributed by atoms with Gasteiger partial charge in [-0.1, -0.05) is 51.4 Å². The summed E-state index contributed by atoms with van der Waals surface area (Å²) in [6.07, 6.45) is 6.36. The lowest BCUT2D eigenvalue weighted by atomic mass is 9.77. The zero-order valence-corrected chi connectivity index (χ0v) is 22.3. The molecule has 2 aliphatic rings. The van der Waals surface area contributed by atoms with E-state index in [0.29, 0.717) is 17.2 Å². The molecule has 1 aromatic heterocycles. The lowest BCUT2D eigenvalue weighted by molar-refractivity contribution is -0.166. The fourth-order valence-electron chi connectivity index (χ4n) is 5.34. The Morgan fingerprint density at radius 1 is 1.24 bits per heavy atom. The molecule has 1 aliphatic heterocycles. The Balaban J connectivity index is 1.65. The van der Waals surface area contributed by atoms with Crippen molar-refractivity contribution >= 4 is 29.1 Å². The summed E-state index contributed by atoms with van der Waals surface area (Å²) >= 11 is 2.98. The molecule has 0 bridgehead atoms. The number of thiophene rings is 1. The molecule has 0 radical (unpaired) electrons. The van der Waals surface area contributed by atoms with E-state index in [0.717, 1.165) is 60.1 Å². The van der Waals surface area contributed by atoms with Crippen LogP contribution in [0.3, 0.4) is 0 Å². The standard InChI is InChI=1S/C28H36O4S2/c1-18-13-24(22(27(2,3)4)14-20(18)16-29)34-25-23(30)15-28(32-26(25)31,21-7-5-6-8-21)11-9-19-10-12-33-17-19/h10,12-14,17,21,29-30H,5-9,11,15-16H2,1-4H3. The maximum atomic E-state index is 13.4. The van der Waals surface area contributed by atoms with Crippen molar-refractivity contribution in [1.82, 2.24) is 0 Å². The van der Waals surface area contributed by atoms with Crippen LogP contribution in [0.1, 0.15) is 81.5 Å². The SMILES string of the molecule is Cc1cc(SC2=C(O)CC(CCc3ccsc3)(C3CCCC3)OC2=O)c(C(C)(C)C)cc1CO. The van der Waals surface area contributed by atoms with Gasteiger partial charge < -0.3 is 14.9 Å². The number of hydrogen-bond donors (Lipinski definition) is 2. The number of thioether (sulfide) groups is 1. The quantitative estimate of drug-likeness (QED) is 0.393. The van der Waals surface area contributed by atoms with Gasteiger partial charge in [-0.3, -0.25) is 0 Å². The molecule has 1 saturated carbocycles. The molecule has 2 aromatic rings. The van der Waals surface area contributed by atoms with Crippen molar-refractivity contribution in [3.05, 3.63) is 61.9 Å². The molecule has 4 nitrogen and oxygen atoms in total. The second-order valence-corrected chi connectivity index (χ2v) is 12.6. The Bertz CT molecular complexity index is 1060. The van der Waals surface area contributed by atoms with Gasteiger partial charge >= 0.3 is 5.97 Å². The average molecular weight is 501 g/mol. The molecular weight excluding hydrogens is 464 g/mol. The number of carbonyl (C=O) groups is 1. The molecule has 0 saturated heterocycles. The second kappa shape index (κ2) is 10.1. The molecule has 1 fully saturated rings. The number of carbonyl (C=O) groups excluding carboxylic acids is 1. The minimum atomic E-state index is -0.632. The van der Waals surface area contributed by atoms with Crippen LogP contribution < -0.4 is 0 Å². The highest BCUT2D eigenvalue weighted by atomic mass is 32.2. The molecule has 34 heavy (non-hydrogen) atoms. The molecule has 1 unspecified atom stereocenters. The Hall–Kier alpha value is -1.76. The first-order valence-electron chi connectivity index (χ1n) is 12.2. The van der Waals surface area contributed by atoms with Crippen molar-refractivity contribution in [2.24, 2.45) is 5.92 Å². The van der Waals surface area contributed by atoms with Gasteiger partial charge in [0.15, 0.2) is 0 Å². The molecule has 4 rings (SSSR count). The first-order valence-corrected chi connectivity index (χ1v) is 14.0. The predicted molar refractivity (Wildman–Crippen MR) is 139 cm³/mol. The summed E-state index contributed by atoms with van der Waals surface area (Å²) in [5.41, 5.74) is 3.35. The largest absolute Gasteiger partial charge is 0.511 e. The molecular formula is C28H36O4S2. The van der Waals surface area contributed by atoms with Crippen LogP contribution in [0.15, 0.2) is 44.5 Å². The number of aryl methyl sites for hydroxylation is 2. The van der Waals surface area contributed by atoms with Crippen LogP contribution >= 0.6 is 23.1 Å². The molecule has 0 spiro atoms. The van der Waals surface area contributed by atoms with Crippen LogP contribution in [0.2, 0.25) is 0 Å². The van der Waals surface area contributed by atoms with E-state index in [1.807, 2.05) is 19.1 Å². The zero-order valence-electron chi connectivity index (χ0n) is 20.6. The number of esters is 1. The fourth-order valence-corrected chi connectivity index (χ4v) is 7.29. The minimum Gasteiger partial charge on any atom is -0.511 e. The van der Waals surface area contributed by atoms with Crippen LogP contribution in [-0.4, -0.2) is 21.8 Å². The normalized spacial score (nSPS) is 21.9. The Kier molecular flexibility index (Phi) is 7.51. The average Bonchev–Trinajstić information content (AvgIpc) is 3.49. The van der Waals surface area contributed by atoms with Crippen LogP contribution in [0.25, 0.3) is 0 Å². The molecule has 2 heterocycles. The predicted octanol–water partition coefficient (Wildman–Crippen LogP) is 7.22. The first-order chi connectivity index (χ1) is 16.1. The number of aliphatic hydroxyl groups is 2. The minimum absolute atomic E-state index is 0.0239. The Labute approximate surface area is 211 Å². The van der Waals surface area contributed by atoms with Crippen LogP contribution in [0.5, 0.6) is 0 Å². The lowest BCUT2D eigenvalue weighted by Crippen LogP contribution is -2.45. The van der Waals surface area contributed by atoms with Crippen LogP contribution in [-0.2, 0) is 28.0 Å². The van der Waals surface area contributed by atoms with E-state index in [9.17, 15) is 15.0 Å². The maximum Gasteiger partial charge on any atom is 0.349 e. The molecule has 1 atom stereocenters. The smallest absolute Gasteiger partial charge is 0.349 e. The maximum absolute atomic E-state index is 13.4. The van der Waals surface area contributed by atoms with E-state index in [2.05, 4.69) is 37.6 Å². The summed E-state index contributed by atoms with van der Waals surface area (Å²) in [4.78, 5) is 14.6. The number of cyclic esters (lactones) is 1. The van der Waals surface area contributed by atoms with E-state index >= 15 is 0 Å². The number of hydrogen-bond acceptors (Lipinski definition) is 6. The van der Waals surface area contributed by atoms with Gasteiger partial charge in [0.25, 0.3) is 0 Å². The fraction of sp³-hybridized carbons (Fsp3) is 0.536. The van der Waals surface area contributed by atoms with E-state index in [-0.39, 0.29) is 17.8 Å².